The van der Waals surface area contributed by atoms with Crippen LogP contribution in [-0.4, -0.2) is 35.6 Å². The van der Waals surface area contributed by atoms with Gasteiger partial charge in [-0.25, -0.2) is 4.79 Å². The Morgan fingerprint density at radius 1 is 1.00 bits per heavy atom. The van der Waals surface area contributed by atoms with Gasteiger partial charge in [0.2, 0.25) is 0 Å². The molecule has 0 atom stereocenters. The van der Waals surface area contributed by atoms with Gasteiger partial charge in [0.05, 0.1) is 0 Å². The Morgan fingerprint density at radius 2 is 1.64 bits per heavy atom. The molecule has 0 heterocycles. The highest BCUT2D eigenvalue weighted by Gasteiger charge is 2.07. The molecule has 0 aliphatic heterocycles. The normalized spacial score (nSPS) is 10.4. The molecule has 0 saturated carbocycles. The third-order valence-electron chi connectivity index (χ3n) is 3.43. The summed E-state index contributed by atoms with van der Waals surface area (Å²) < 4.78 is 0. The highest BCUT2D eigenvalue weighted by atomic mass is 16.4. The van der Waals surface area contributed by atoms with Crippen LogP contribution in [0.25, 0.3) is 0 Å². The Bertz CT molecular complexity index is 570. The zero-order chi connectivity index (χ0) is 18.7. The summed E-state index contributed by atoms with van der Waals surface area (Å²) in [6.07, 6.45) is 3.42. The Labute approximate surface area is 148 Å². The first-order valence-electron chi connectivity index (χ1n) is 8.56. The van der Waals surface area contributed by atoms with Crippen molar-refractivity contribution >= 4 is 23.6 Å². The monoisotopic (exact) mass is 349 g/mol. The molecule has 1 rings (SSSR count). The van der Waals surface area contributed by atoms with Crippen LogP contribution in [0.2, 0.25) is 0 Å². The van der Waals surface area contributed by atoms with Crippen LogP contribution in [0, 0.1) is 0 Å². The van der Waals surface area contributed by atoms with Gasteiger partial charge in [-0.1, -0.05) is 12.8 Å². The van der Waals surface area contributed by atoms with Gasteiger partial charge in [-0.15, -0.1) is 0 Å². The SMILES string of the molecule is CC(C)NC(=O)Nc1ccc(C(=O)NCCCCCCC(=O)O)cc1. The summed E-state index contributed by atoms with van der Waals surface area (Å²) in [5, 5.41) is 16.8. The summed E-state index contributed by atoms with van der Waals surface area (Å²) in [5.41, 5.74) is 1.15. The molecule has 0 saturated heterocycles. The van der Waals surface area contributed by atoms with Crippen LogP contribution in [-0.2, 0) is 4.79 Å². The average Bonchev–Trinajstić information content (AvgIpc) is 2.53. The Morgan fingerprint density at radius 3 is 2.24 bits per heavy atom. The van der Waals surface area contributed by atoms with Crippen LogP contribution in [0.4, 0.5) is 10.5 Å². The number of carbonyl (C=O) groups is 3. The molecule has 138 valence electrons. The van der Waals surface area contributed by atoms with E-state index in [4.69, 9.17) is 5.11 Å². The van der Waals surface area contributed by atoms with Gasteiger partial charge in [-0.05, 0) is 51.0 Å². The van der Waals surface area contributed by atoms with E-state index in [0.717, 1.165) is 19.3 Å². The van der Waals surface area contributed by atoms with E-state index in [0.29, 0.717) is 24.2 Å². The zero-order valence-corrected chi connectivity index (χ0v) is 14.8. The van der Waals surface area contributed by atoms with Crippen LogP contribution in [0.15, 0.2) is 24.3 Å². The minimum atomic E-state index is -0.770. The second-order valence-electron chi connectivity index (χ2n) is 6.14. The molecule has 0 aliphatic carbocycles. The smallest absolute Gasteiger partial charge is 0.319 e. The van der Waals surface area contributed by atoms with Gasteiger partial charge in [0.1, 0.15) is 0 Å². The highest BCUT2D eigenvalue weighted by molar-refractivity contribution is 5.95. The Kier molecular flexibility index (Phi) is 9.06. The fourth-order valence-electron chi connectivity index (χ4n) is 2.19. The van der Waals surface area contributed by atoms with Gasteiger partial charge in [0, 0.05) is 30.3 Å². The van der Waals surface area contributed by atoms with Crippen molar-refractivity contribution in [1.29, 1.82) is 0 Å². The van der Waals surface area contributed by atoms with Gasteiger partial charge >= 0.3 is 12.0 Å². The van der Waals surface area contributed by atoms with Crippen molar-refractivity contribution in [1.82, 2.24) is 10.6 Å². The first-order chi connectivity index (χ1) is 11.9. The lowest BCUT2D eigenvalue weighted by molar-refractivity contribution is -0.137. The van der Waals surface area contributed by atoms with Crippen LogP contribution >= 0.6 is 0 Å². The Hall–Kier alpha value is -2.57. The zero-order valence-electron chi connectivity index (χ0n) is 14.8. The van der Waals surface area contributed by atoms with Crippen LogP contribution in [0.5, 0.6) is 0 Å². The molecule has 4 N–H and O–H groups in total. The lowest BCUT2D eigenvalue weighted by Crippen LogP contribution is -2.34. The van der Waals surface area contributed by atoms with Crippen molar-refractivity contribution in [3.05, 3.63) is 29.8 Å². The van der Waals surface area contributed by atoms with E-state index in [-0.39, 0.29) is 24.4 Å². The summed E-state index contributed by atoms with van der Waals surface area (Å²) >= 11 is 0. The van der Waals surface area contributed by atoms with E-state index in [1.807, 2.05) is 13.8 Å². The van der Waals surface area contributed by atoms with Crippen LogP contribution in [0.1, 0.15) is 56.3 Å². The molecule has 1 aromatic carbocycles. The maximum Gasteiger partial charge on any atom is 0.319 e. The molecule has 0 fully saturated rings. The van der Waals surface area contributed by atoms with Gasteiger partial charge in [0.25, 0.3) is 5.91 Å². The predicted octanol–water partition coefficient (Wildman–Crippen LogP) is 2.98. The van der Waals surface area contributed by atoms with Crippen molar-refractivity contribution < 1.29 is 19.5 Å². The first kappa shape index (κ1) is 20.5. The number of anilines is 1. The lowest BCUT2D eigenvalue weighted by atomic mass is 10.1. The summed E-state index contributed by atoms with van der Waals surface area (Å²) in [7, 11) is 0. The molecule has 0 aliphatic rings. The number of unbranched alkanes of at least 4 members (excludes halogenated alkanes) is 3. The van der Waals surface area contributed by atoms with E-state index in [1.165, 1.54) is 0 Å². The average molecular weight is 349 g/mol. The molecule has 7 heteroatoms. The largest absolute Gasteiger partial charge is 0.481 e. The number of nitrogens with one attached hydrogen (secondary N) is 3. The molecule has 25 heavy (non-hydrogen) atoms. The van der Waals surface area contributed by atoms with Crippen molar-refractivity contribution in [3.63, 3.8) is 0 Å². The van der Waals surface area contributed by atoms with Crippen molar-refractivity contribution in [3.8, 4) is 0 Å². The van der Waals surface area contributed by atoms with Gasteiger partial charge in [-0.2, -0.15) is 0 Å². The summed E-state index contributed by atoms with van der Waals surface area (Å²) in [5.74, 6) is -0.934. The second kappa shape index (κ2) is 11.1. The van der Waals surface area contributed by atoms with E-state index in [1.54, 1.807) is 24.3 Å². The molecule has 0 aromatic heterocycles. The van der Waals surface area contributed by atoms with Crippen molar-refractivity contribution in [2.45, 2.75) is 52.0 Å². The lowest BCUT2D eigenvalue weighted by Gasteiger charge is -2.10. The number of urea groups is 1. The number of hydrogen-bond donors (Lipinski definition) is 4. The molecule has 0 bridgehead atoms. The fraction of sp³-hybridized carbons (Fsp3) is 0.500. The van der Waals surface area contributed by atoms with E-state index >= 15 is 0 Å². The molecular formula is C18H27N3O4. The number of amides is 3. The molecule has 3 amide bonds. The number of aliphatic carboxylic acids is 1. The molecule has 0 spiro atoms. The number of hydrogen-bond acceptors (Lipinski definition) is 3. The Balaban J connectivity index is 2.27. The van der Waals surface area contributed by atoms with E-state index in [2.05, 4.69) is 16.0 Å². The molecule has 0 radical (unpaired) electrons. The molecule has 0 unspecified atom stereocenters. The standard InChI is InChI=1S/C18H27N3O4/c1-13(2)20-18(25)21-15-10-8-14(9-11-15)17(24)19-12-6-4-3-5-7-16(22)23/h8-11,13H,3-7,12H2,1-2H3,(H,19,24)(H,22,23)(H2,20,21,25). The summed E-state index contributed by atoms with van der Waals surface area (Å²) in [6, 6.07) is 6.45. The third-order valence-corrected chi connectivity index (χ3v) is 3.43. The molecule has 7 nitrogen and oxygen atoms in total. The highest BCUT2D eigenvalue weighted by Crippen LogP contribution is 2.10. The van der Waals surface area contributed by atoms with Crippen molar-refractivity contribution in [2.24, 2.45) is 0 Å². The van der Waals surface area contributed by atoms with Crippen molar-refractivity contribution in [2.75, 3.05) is 11.9 Å². The number of rotatable bonds is 10. The predicted molar refractivity (Wildman–Crippen MR) is 96.8 cm³/mol. The number of carboxylic acid groups (broad SMARTS) is 1. The number of benzene rings is 1. The molecule has 1 aromatic rings. The second-order valence-corrected chi connectivity index (χ2v) is 6.14. The first-order valence-corrected chi connectivity index (χ1v) is 8.56. The van der Waals surface area contributed by atoms with E-state index in [9.17, 15) is 14.4 Å². The van der Waals surface area contributed by atoms with Gasteiger partial charge < -0.3 is 21.1 Å². The fourth-order valence-corrected chi connectivity index (χ4v) is 2.19. The van der Waals surface area contributed by atoms with Gasteiger partial charge in [0.15, 0.2) is 0 Å². The molecular weight excluding hydrogens is 322 g/mol. The number of carbonyl (C=O) groups excluding carboxylic acids is 2. The van der Waals surface area contributed by atoms with E-state index < -0.39 is 5.97 Å². The van der Waals surface area contributed by atoms with Crippen LogP contribution in [0.3, 0.4) is 0 Å². The van der Waals surface area contributed by atoms with Crippen LogP contribution < -0.4 is 16.0 Å². The quantitative estimate of drug-likeness (QED) is 0.487. The topological polar surface area (TPSA) is 108 Å². The summed E-state index contributed by atoms with van der Waals surface area (Å²) in [4.78, 5) is 34.0. The summed E-state index contributed by atoms with van der Waals surface area (Å²) in [6.45, 7) is 4.31. The minimum absolute atomic E-state index is 0.0502. The number of carboxylic acids is 1. The maximum atomic E-state index is 12.0. The third kappa shape index (κ3) is 9.34. The maximum absolute atomic E-state index is 12.0. The van der Waals surface area contributed by atoms with Gasteiger partial charge in [-0.3, -0.25) is 9.59 Å². The minimum Gasteiger partial charge on any atom is -0.481 e.